The van der Waals surface area contributed by atoms with Crippen molar-refractivity contribution < 1.29 is 28.5 Å². The van der Waals surface area contributed by atoms with Crippen molar-refractivity contribution in [2.45, 2.75) is 25.5 Å². The van der Waals surface area contributed by atoms with E-state index >= 15 is 0 Å². The van der Waals surface area contributed by atoms with Gasteiger partial charge in [0.15, 0.2) is 11.5 Å². The Bertz CT molecular complexity index is 1690. The first-order valence-corrected chi connectivity index (χ1v) is 15.0. The van der Waals surface area contributed by atoms with Gasteiger partial charge in [-0.3, -0.25) is 14.2 Å². The number of carbonyl (C=O) groups is 1. The Balaban J connectivity index is 1.43. The molecule has 0 aliphatic carbocycles. The summed E-state index contributed by atoms with van der Waals surface area (Å²) in [6, 6.07) is 18.6. The van der Waals surface area contributed by atoms with E-state index in [0.717, 1.165) is 17.8 Å². The Morgan fingerprint density at radius 2 is 1.76 bits per heavy atom. The first-order chi connectivity index (χ1) is 21.9. The highest BCUT2D eigenvalue weighted by atomic mass is 16.5. The average molecular weight is 617 g/mol. The zero-order valence-electron chi connectivity index (χ0n) is 26.2. The quantitative estimate of drug-likeness (QED) is 0.241. The third kappa shape index (κ3) is 7.38. The van der Waals surface area contributed by atoms with Crippen LogP contribution in [0.4, 0.5) is 5.69 Å². The van der Waals surface area contributed by atoms with Crippen molar-refractivity contribution in [1.82, 2.24) is 14.9 Å². The lowest BCUT2D eigenvalue weighted by Crippen LogP contribution is -2.44. The zero-order chi connectivity index (χ0) is 31.8. The van der Waals surface area contributed by atoms with Crippen LogP contribution in [0.25, 0.3) is 10.9 Å². The molecule has 0 bridgehead atoms. The zero-order valence-corrected chi connectivity index (χ0v) is 26.2. The second kappa shape index (κ2) is 14.9. The summed E-state index contributed by atoms with van der Waals surface area (Å²) in [5.41, 5.74) is 2.89. The average Bonchev–Trinajstić information content (AvgIpc) is 3.07. The van der Waals surface area contributed by atoms with Crippen molar-refractivity contribution in [3.63, 3.8) is 0 Å². The van der Waals surface area contributed by atoms with Crippen LogP contribution in [0.3, 0.4) is 0 Å². The number of hydrogen-bond acceptors (Lipinski definition) is 9. The van der Waals surface area contributed by atoms with Gasteiger partial charge in [0.1, 0.15) is 11.6 Å². The lowest BCUT2D eigenvalue weighted by Gasteiger charge is -2.34. The number of benzene rings is 3. The lowest BCUT2D eigenvalue weighted by molar-refractivity contribution is -0.0100. The van der Waals surface area contributed by atoms with Crippen molar-refractivity contribution in [3.8, 4) is 17.2 Å². The molecule has 3 aromatic carbocycles. The van der Waals surface area contributed by atoms with Gasteiger partial charge in [-0.1, -0.05) is 18.2 Å². The van der Waals surface area contributed by atoms with Gasteiger partial charge >= 0.3 is 0 Å². The minimum Gasteiger partial charge on any atom is -0.496 e. The highest BCUT2D eigenvalue weighted by Crippen LogP contribution is 2.28. The van der Waals surface area contributed by atoms with Gasteiger partial charge in [0.25, 0.3) is 11.5 Å². The fraction of sp³-hybridized carbons (Fsp3) is 0.382. The number of aryl methyl sites for hydroxylation is 1. The molecule has 0 saturated carbocycles. The molecule has 1 fully saturated rings. The van der Waals surface area contributed by atoms with E-state index in [1.165, 1.54) is 7.11 Å². The second-order valence-corrected chi connectivity index (χ2v) is 10.7. The van der Waals surface area contributed by atoms with Crippen LogP contribution in [0.15, 0.2) is 65.5 Å². The minimum absolute atomic E-state index is 0.0283. The topological polar surface area (TPSA) is 113 Å². The van der Waals surface area contributed by atoms with Crippen molar-refractivity contribution in [2.75, 3.05) is 66.2 Å². The summed E-state index contributed by atoms with van der Waals surface area (Å²) >= 11 is 0. The summed E-state index contributed by atoms with van der Waals surface area (Å²) in [4.78, 5) is 34.1. The molecule has 11 heteroatoms. The van der Waals surface area contributed by atoms with Crippen LogP contribution in [0, 0.1) is 0 Å². The number of fused-ring (bicyclic) bond motifs is 1. The standard InChI is InChI=1S/C34H40N4O7/c1-41-22-25-21-37(17-18-45-25)24-10-11-26-28(20-24)36-32(13-15-35-33(39)27-7-5-6-8-29(27)42-2)38(34(26)40)16-14-23-9-12-30(43-3)31(19-23)44-4/h5-12,19-20,25H,13-18,21-22H2,1-4H3,(H,35,39)/t25-/m1/s1. The van der Waals surface area contributed by atoms with E-state index in [9.17, 15) is 9.59 Å². The molecule has 0 spiro atoms. The maximum Gasteiger partial charge on any atom is 0.261 e. The third-order valence-corrected chi connectivity index (χ3v) is 7.93. The van der Waals surface area contributed by atoms with Crippen molar-refractivity contribution in [3.05, 3.63) is 88.0 Å². The predicted molar refractivity (Wildman–Crippen MR) is 172 cm³/mol. The molecular formula is C34H40N4O7. The van der Waals surface area contributed by atoms with Gasteiger partial charge < -0.3 is 33.9 Å². The molecular weight excluding hydrogens is 576 g/mol. The largest absolute Gasteiger partial charge is 0.496 e. The summed E-state index contributed by atoms with van der Waals surface area (Å²) in [7, 11) is 6.39. The molecule has 238 valence electrons. The number of nitrogens with one attached hydrogen (secondary N) is 1. The highest BCUT2D eigenvalue weighted by Gasteiger charge is 2.22. The van der Waals surface area contributed by atoms with Crippen molar-refractivity contribution in [1.29, 1.82) is 0 Å². The first-order valence-electron chi connectivity index (χ1n) is 15.0. The molecule has 1 saturated heterocycles. The van der Waals surface area contributed by atoms with Crippen molar-refractivity contribution >= 4 is 22.5 Å². The number of morpholine rings is 1. The Morgan fingerprint density at radius 1 is 0.956 bits per heavy atom. The number of nitrogens with zero attached hydrogens (tertiary/aromatic N) is 3. The van der Waals surface area contributed by atoms with Crippen LogP contribution in [-0.2, 0) is 28.9 Å². The molecule has 45 heavy (non-hydrogen) atoms. The number of hydrogen-bond donors (Lipinski definition) is 1. The van der Waals surface area contributed by atoms with Gasteiger partial charge in [-0.2, -0.15) is 0 Å². The Hall–Kier alpha value is -4.61. The highest BCUT2D eigenvalue weighted by molar-refractivity contribution is 5.96. The number of ether oxygens (including phenoxy) is 5. The van der Waals surface area contributed by atoms with Crippen LogP contribution in [0.5, 0.6) is 17.2 Å². The van der Waals surface area contributed by atoms with E-state index in [0.29, 0.717) is 78.7 Å². The van der Waals surface area contributed by atoms with Gasteiger partial charge in [0.2, 0.25) is 0 Å². The van der Waals surface area contributed by atoms with E-state index in [-0.39, 0.29) is 24.1 Å². The lowest BCUT2D eigenvalue weighted by atomic mass is 10.1. The molecule has 0 radical (unpaired) electrons. The van der Waals surface area contributed by atoms with Gasteiger partial charge in [0.05, 0.1) is 57.1 Å². The van der Waals surface area contributed by atoms with E-state index in [2.05, 4.69) is 10.2 Å². The summed E-state index contributed by atoms with van der Waals surface area (Å²) < 4.78 is 29.0. The minimum atomic E-state index is -0.257. The second-order valence-electron chi connectivity index (χ2n) is 10.7. The molecule has 1 aliphatic rings. The summed E-state index contributed by atoms with van der Waals surface area (Å²) in [6.45, 7) is 3.20. The Kier molecular flexibility index (Phi) is 10.5. The van der Waals surface area contributed by atoms with Crippen LogP contribution < -0.4 is 30.0 Å². The summed E-state index contributed by atoms with van der Waals surface area (Å²) in [6.07, 6.45) is 0.899. The van der Waals surface area contributed by atoms with E-state index in [4.69, 9.17) is 28.7 Å². The molecule has 1 atom stereocenters. The number of methoxy groups -OCH3 is 4. The van der Waals surface area contributed by atoms with E-state index in [1.54, 1.807) is 44.1 Å². The number of carbonyl (C=O) groups excluding carboxylic acids is 1. The van der Waals surface area contributed by atoms with Crippen LogP contribution in [-0.4, -0.2) is 82.8 Å². The van der Waals surface area contributed by atoms with Crippen LogP contribution >= 0.6 is 0 Å². The summed E-state index contributed by atoms with van der Waals surface area (Å²) in [5, 5.41) is 3.50. The van der Waals surface area contributed by atoms with E-state index < -0.39 is 0 Å². The fourth-order valence-corrected chi connectivity index (χ4v) is 5.61. The maximum absolute atomic E-state index is 13.9. The number of para-hydroxylation sites is 1. The van der Waals surface area contributed by atoms with Crippen LogP contribution in [0.2, 0.25) is 0 Å². The number of anilines is 1. The number of rotatable bonds is 13. The molecule has 2 heterocycles. The van der Waals surface area contributed by atoms with Gasteiger partial charge in [0, 0.05) is 45.4 Å². The van der Waals surface area contributed by atoms with Gasteiger partial charge in [-0.15, -0.1) is 0 Å². The maximum atomic E-state index is 13.9. The number of amides is 1. The van der Waals surface area contributed by atoms with Gasteiger partial charge in [-0.25, -0.2) is 4.98 Å². The smallest absolute Gasteiger partial charge is 0.261 e. The third-order valence-electron chi connectivity index (χ3n) is 7.93. The SMILES string of the molecule is COC[C@H]1CN(c2ccc3c(=O)n(CCc4ccc(OC)c(OC)c4)c(CCNC(=O)c4ccccc4OC)nc3c2)CCO1. The Labute approximate surface area is 262 Å². The van der Waals surface area contributed by atoms with E-state index in [1.807, 2.05) is 42.5 Å². The normalized spacial score (nSPS) is 14.8. The predicted octanol–water partition coefficient (Wildman–Crippen LogP) is 3.49. The first kappa shape index (κ1) is 31.8. The molecule has 5 rings (SSSR count). The molecule has 0 unspecified atom stereocenters. The molecule has 1 N–H and O–H groups in total. The van der Waals surface area contributed by atoms with Crippen LogP contribution in [0.1, 0.15) is 21.7 Å². The Morgan fingerprint density at radius 3 is 2.53 bits per heavy atom. The number of aromatic nitrogens is 2. The molecule has 11 nitrogen and oxygen atoms in total. The molecule has 1 aliphatic heterocycles. The monoisotopic (exact) mass is 616 g/mol. The van der Waals surface area contributed by atoms with Crippen molar-refractivity contribution in [2.24, 2.45) is 0 Å². The fourth-order valence-electron chi connectivity index (χ4n) is 5.61. The molecule has 1 amide bonds. The van der Waals surface area contributed by atoms with Gasteiger partial charge in [-0.05, 0) is 54.4 Å². The molecule has 4 aromatic rings. The summed E-state index contributed by atoms with van der Waals surface area (Å²) in [5.74, 6) is 2.09. The molecule has 1 aromatic heterocycles.